The molecule has 2 aromatic rings. The average Bonchev–Trinajstić information content (AvgIpc) is 2.74. The molecular formula is C14H16BrNO2S2. The third-order valence-electron chi connectivity index (χ3n) is 3.03. The molecule has 0 spiro atoms. The lowest BCUT2D eigenvalue weighted by molar-refractivity contribution is 0.469. The summed E-state index contributed by atoms with van der Waals surface area (Å²) < 4.78 is 27.6. The van der Waals surface area contributed by atoms with E-state index in [0.29, 0.717) is 11.4 Å². The van der Waals surface area contributed by atoms with Crippen molar-refractivity contribution < 1.29 is 8.42 Å². The van der Waals surface area contributed by atoms with Crippen molar-refractivity contribution in [3.8, 4) is 0 Å². The first kappa shape index (κ1) is 15.7. The maximum Gasteiger partial charge on any atom is 0.243 e. The molecule has 1 aromatic heterocycles. The Bertz CT molecular complexity index is 723. The molecule has 0 aliphatic rings. The summed E-state index contributed by atoms with van der Waals surface area (Å²) in [7, 11) is -1.84. The molecule has 0 atom stereocenters. The molecular weight excluding hydrogens is 358 g/mol. The summed E-state index contributed by atoms with van der Waals surface area (Å²) in [6.07, 6.45) is 0. The van der Waals surface area contributed by atoms with Crippen molar-refractivity contribution in [2.24, 2.45) is 0 Å². The Hall–Kier alpha value is -0.690. The maximum atomic E-state index is 12.6. The van der Waals surface area contributed by atoms with Gasteiger partial charge >= 0.3 is 0 Å². The van der Waals surface area contributed by atoms with Gasteiger partial charge in [0.25, 0.3) is 0 Å². The van der Waals surface area contributed by atoms with Gasteiger partial charge in [0.2, 0.25) is 10.0 Å². The number of rotatable bonds is 4. The Labute approximate surface area is 132 Å². The fourth-order valence-corrected chi connectivity index (χ4v) is 4.97. The number of thiophene rings is 1. The van der Waals surface area contributed by atoms with Crippen LogP contribution in [0.25, 0.3) is 0 Å². The zero-order valence-corrected chi connectivity index (χ0v) is 14.8. The number of hydrogen-bond acceptors (Lipinski definition) is 3. The van der Waals surface area contributed by atoms with Gasteiger partial charge in [0.15, 0.2) is 0 Å². The van der Waals surface area contributed by atoms with Crippen LogP contribution in [0.2, 0.25) is 0 Å². The molecule has 0 aliphatic heterocycles. The van der Waals surface area contributed by atoms with Crippen molar-refractivity contribution >= 4 is 37.3 Å². The van der Waals surface area contributed by atoms with E-state index in [2.05, 4.69) is 15.9 Å². The van der Waals surface area contributed by atoms with Crippen LogP contribution in [0.3, 0.4) is 0 Å². The molecule has 108 valence electrons. The van der Waals surface area contributed by atoms with Crippen LogP contribution in [-0.4, -0.2) is 19.8 Å². The van der Waals surface area contributed by atoms with Gasteiger partial charge in [-0.1, -0.05) is 17.7 Å². The Balaban J connectivity index is 2.29. The molecule has 2 rings (SSSR count). The Morgan fingerprint density at radius 1 is 1.20 bits per heavy atom. The minimum atomic E-state index is -3.45. The molecule has 0 fully saturated rings. The molecule has 0 aliphatic carbocycles. The molecule has 1 aromatic carbocycles. The quantitative estimate of drug-likeness (QED) is 0.813. The van der Waals surface area contributed by atoms with Gasteiger partial charge in [-0.3, -0.25) is 0 Å². The van der Waals surface area contributed by atoms with E-state index in [1.54, 1.807) is 24.5 Å². The summed E-state index contributed by atoms with van der Waals surface area (Å²) in [5.41, 5.74) is 1.84. The van der Waals surface area contributed by atoms with Gasteiger partial charge in [-0.2, -0.15) is 4.31 Å². The lowest BCUT2D eigenvalue weighted by atomic mass is 10.2. The largest absolute Gasteiger partial charge is 0.243 e. The van der Waals surface area contributed by atoms with Crippen molar-refractivity contribution in [1.82, 2.24) is 4.31 Å². The van der Waals surface area contributed by atoms with Crippen LogP contribution in [0, 0.1) is 13.8 Å². The predicted octanol–water partition coefficient (Wildman–Crippen LogP) is 3.95. The van der Waals surface area contributed by atoms with Crippen molar-refractivity contribution in [2.45, 2.75) is 25.3 Å². The van der Waals surface area contributed by atoms with Crippen LogP contribution in [-0.2, 0) is 16.6 Å². The highest BCUT2D eigenvalue weighted by Gasteiger charge is 2.23. The van der Waals surface area contributed by atoms with Gasteiger partial charge in [0, 0.05) is 18.5 Å². The summed E-state index contributed by atoms with van der Waals surface area (Å²) in [6.45, 7) is 4.16. The van der Waals surface area contributed by atoms with Crippen LogP contribution in [0.1, 0.15) is 16.0 Å². The summed E-state index contributed by atoms with van der Waals surface area (Å²) in [4.78, 5) is 1.38. The second-order valence-electron chi connectivity index (χ2n) is 4.74. The van der Waals surface area contributed by atoms with E-state index in [1.165, 1.54) is 4.31 Å². The molecule has 20 heavy (non-hydrogen) atoms. The normalized spacial score (nSPS) is 12.1. The third kappa shape index (κ3) is 3.31. The summed E-state index contributed by atoms with van der Waals surface area (Å²) in [5.74, 6) is 0. The molecule has 3 nitrogen and oxygen atoms in total. The molecule has 0 saturated carbocycles. The molecule has 1 heterocycles. The van der Waals surface area contributed by atoms with Gasteiger partial charge < -0.3 is 0 Å². The predicted molar refractivity (Wildman–Crippen MR) is 86.6 cm³/mol. The van der Waals surface area contributed by atoms with E-state index in [-0.39, 0.29) is 0 Å². The Morgan fingerprint density at radius 3 is 2.45 bits per heavy atom. The number of aryl methyl sites for hydroxylation is 2. The van der Waals surface area contributed by atoms with Gasteiger partial charge in [-0.05, 0) is 53.5 Å². The first-order valence-electron chi connectivity index (χ1n) is 6.08. The summed E-state index contributed by atoms with van der Waals surface area (Å²) >= 11 is 4.93. The fourth-order valence-electron chi connectivity index (χ4n) is 2.00. The van der Waals surface area contributed by atoms with Crippen LogP contribution in [0.15, 0.2) is 39.0 Å². The fraction of sp³-hybridized carbons (Fsp3) is 0.286. The maximum absolute atomic E-state index is 12.6. The second-order valence-corrected chi connectivity index (χ2v) is 9.30. The molecule has 0 N–H and O–H groups in total. The average molecular weight is 374 g/mol. The monoisotopic (exact) mass is 373 g/mol. The zero-order valence-electron chi connectivity index (χ0n) is 11.6. The number of benzene rings is 1. The lowest BCUT2D eigenvalue weighted by Crippen LogP contribution is -2.26. The van der Waals surface area contributed by atoms with E-state index >= 15 is 0 Å². The Kier molecular flexibility index (Phi) is 4.69. The number of hydrogen-bond donors (Lipinski definition) is 0. The topological polar surface area (TPSA) is 37.4 Å². The highest BCUT2D eigenvalue weighted by molar-refractivity contribution is 9.11. The highest BCUT2D eigenvalue weighted by atomic mass is 79.9. The number of halogens is 1. The van der Waals surface area contributed by atoms with Crippen LogP contribution < -0.4 is 0 Å². The van der Waals surface area contributed by atoms with E-state index in [4.69, 9.17) is 0 Å². The molecule has 0 radical (unpaired) electrons. The van der Waals surface area contributed by atoms with Crippen molar-refractivity contribution in [3.05, 3.63) is 50.1 Å². The molecule has 0 unspecified atom stereocenters. The summed E-state index contributed by atoms with van der Waals surface area (Å²) in [6, 6.07) is 9.26. The first-order valence-corrected chi connectivity index (χ1v) is 9.13. The zero-order chi connectivity index (χ0) is 14.9. The minimum absolute atomic E-state index is 0.376. The number of sulfonamides is 1. The summed E-state index contributed by atoms with van der Waals surface area (Å²) in [5, 5.41) is 0. The van der Waals surface area contributed by atoms with E-state index < -0.39 is 10.0 Å². The van der Waals surface area contributed by atoms with Gasteiger partial charge in [0.05, 0.1) is 8.68 Å². The molecule has 6 heteroatoms. The van der Waals surface area contributed by atoms with Crippen LogP contribution in [0.5, 0.6) is 0 Å². The van der Waals surface area contributed by atoms with E-state index in [0.717, 1.165) is 19.8 Å². The first-order chi connectivity index (χ1) is 9.30. The highest BCUT2D eigenvalue weighted by Crippen LogP contribution is 2.26. The molecule has 0 bridgehead atoms. The van der Waals surface area contributed by atoms with Gasteiger partial charge in [-0.15, -0.1) is 11.3 Å². The molecule has 0 amide bonds. The minimum Gasteiger partial charge on any atom is -0.207 e. The Morgan fingerprint density at radius 2 is 1.90 bits per heavy atom. The van der Waals surface area contributed by atoms with Gasteiger partial charge in [0.1, 0.15) is 0 Å². The smallest absolute Gasteiger partial charge is 0.207 e. The van der Waals surface area contributed by atoms with Crippen molar-refractivity contribution in [2.75, 3.05) is 7.05 Å². The molecule has 0 saturated heterocycles. The van der Waals surface area contributed by atoms with Crippen molar-refractivity contribution in [3.63, 3.8) is 0 Å². The third-order valence-corrected chi connectivity index (χ3v) is 6.60. The van der Waals surface area contributed by atoms with E-state index in [9.17, 15) is 8.42 Å². The van der Waals surface area contributed by atoms with Crippen molar-refractivity contribution in [1.29, 1.82) is 0 Å². The van der Waals surface area contributed by atoms with Gasteiger partial charge in [-0.25, -0.2) is 8.42 Å². The van der Waals surface area contributed by atoms with Crippen LogP contribution in [0.4, 0.5) is 0 Å². The number of nitrogens with zero attached hydrogens (tertiary/aromatic N) is 1. The van der Waals surface area contributed by atoms with Crippen LogP contribution >= 0.6 is 27.3 Å². The van der Waals surface area contributed by atoms with E-state index in [1.807, 2.05) is 38.1 Å². The standard InChI is InChI=1S/C14H16BrNO2S2/c1-10-4-6-13(11(2)8-10)20(17,18)16(3)9-12-5-7-14(15)19-12/h4-8H,9H2,1-3H3. The second kappa shape index (κ2) is 5.97. The SMILES string of the molecule is Cc1ccc(S(=O)(=O)N(C)Cc2ccc(Br)s2)c(C)c1. The lowest BCUT2D eigenvalue weighted by Gasteiger charge is -2.18.